The van der Waals surface area contributed by atoms with Crippen LogP contribution in [-0.4, -0.2) is 34.8 Å². The molecule has 0 bridgehead atoms. The number of aromatic nitrogens is 1. The number of hydrogen-bond donors (Lipinski definition) is 1. The first-order chi connectivity index (χ1) is 9.92. The van der Waals surface area contributed by atoms with Gasteiger partial charge in [-0.25, -0.2) is 4.98 Å². The van der Waals surface area contributed by atoms with Crippen LogP contribution in [0.15, 0.2) is 6.20 Å². The van der Waals surface area contributed by atoms with Gasteiger partial charge in [0.1, 0.15) is 0 Å². The number of rotatable bonds is 8. The van der Waals surface area contributed by atoms with Crippen LogP contribution in [0.25, 0.3) is 0 Å². The van der Waals surface area contributed by atoms with Gasteiger partial charge >= 0.3 is 0 Å². The van der Waals surface area contributed by atoms with Crippen molar-refractivity contribution < 1.29 is 9.59 Å². The Morgan fingerprint density at radius 2 is 2.14 bits per heavy atom. The number of hydrogen-bond acceptors (Lipinski definition) is 4. The van der Waals surface area contributed by atoms with E-state index in [1.165, 1.54) is 11.3 Å². The number of amides is 2. The van der Waals surface area contributed by atoms with Gasteiger partial charge in [0, 0.05) is 24.0 Å². The third kappa shape index (κ3) is 6.71. The molecule has 0 aliphatic rings. The molecule has 0 spiro atoms. The van der Waals surface area contributed by atoms with Crippen LogP contribution >= 0.6 is 11.3 Å². The summed E-state index contributed by atoms with van der Waals surface area (Å²) in [4.78, 5) is 31.0. The number of anilines is 1. The summed E-state index contributed by atoms with van der Waals surface area (Å²) in [6.07, 6.45) is 4.07. The fraction of sp³-hybridized carbons (Fsp3) is 0.667. The normalized spacial score (nSPS) is 10.7. The number of unbranched alkanes of at least 4 members (excludes halogenated alkanes) is 1. The summed E-state index contributed by atoms with van der Waals surface area (Å²) in [6, 6.07) is 0. The predicted octanol–water partition coefficient (Wildman–Crippen LogP) is 3.06. The Morgan fingerprint density at radius 3 is 2.67 bits per heavy atom. The molecule has 0 aromatic carbocycles. The van der Waals surface area contributed by atoms with Gasteiger partial charge < -0.3 is 10.2 Å². The Bertz CT molecular complexity index is 471. The molecule has 1 aromatic rings. The summed E-state index contributed by atoms with van der Waals surface area (Å²) in [6.45, 7) is 8.78. The van der Waals surface area contributed by atoms with Crippen molar-refractivity contribution >= 4 is 28.3 Å². The average molecular weight is 311 g/mol. The smallest absolute Gasteiger partial charge is 0.245 e. The molecule has 0 radical (unpaired) electrons. The second-order valence-electron chi connectivity index (χ2n) is 5.60. The van der Waals surface area contributed by atoms with E-state index in [-0.39, 0.29) is 18.4 Å². The zero-order valence-corrected chi connectivity index (χ0v) is 14.1. The van der Waals surface area contributed by atoms with Crippen molar-refractivity contribution in [2.24, 2.45) is 5.92 Å². The van der Waals surface area contributed by atoms with Gasteiger partial charge in [0.25, 0.3) is 0 Å². The second kappa shape index (κ2) is 8.77. The van der Waals surface area contributed by atoms with Crippen LogP contribution in [-0.2, 0) is 9.59 Å². The van der Waals surface area contributed by atoms with Crippen LogP contribution in [0.1, 0.15) is 44.9 Å². The van der Waals surface area contributed by atoms with Crippen molar-refractivity contribution in [3.63, 3.8) is 0 Å². The van der Waals surface area contributed by atoms with Gasteiger partial charge in [-0.15, -0.1) is 11.3 Å². The lowest BCUT2D eigenvalue weighted by molar-refractivity contribution is -0.135. The third-order valence-electron chi connectivity index (χ3n) is 2.88. The Balaban J connectivity index is 2.58. The van der Waals surface area contributed by atoms with Gasteiger partial charge in [0.2, 0.25) is 11.8 Å². The number of carbonyl (C=O) groups is 2. The molecule has 5 nitrogen and oxygen atoms in total. The zero-order valence-electron chi connectivity index (χ0n) is 13.3. The highest BCUT2D eigenvalue weighted by molar-refractivity contribution is 7.15. The fourth-order valence-electron chi connectivity index (χ4n) is 1.93. The van der Waals surface area contributed by atoms with Crippen LogP contribution in [0.4, 0.5) is 5.13 Å². The van der Waals surface area contributed by atoms with Crippen LogP contribution < -0.4 is 5.32 Å². The minimum atomic E-state index is -0.185. The molecule has 1 rings (SSSR count). The lowest BCUT2D eigenvalue weighted by atomic mass is 10.1. The monoisotopic (exact) mass is 311 g/mol. The van der Waals surface area contributed by atoms with Crippen molar-refractivity contribution in [2.75, 3.05) is 18.4 Å². The van der Waals surface area contributed by atoms with Crippen LogP contribution in [0, 0.1) is 12.8 Å². The van der Waals surface area contributed by atoms with E-state index in [0.29, 0.717) is 24.0 Å². The van der Waals surface area contributed by atoms with Crippen molar-refractivity contribution in [3.05, 3.63) is 11.1 Å². The minimum Gasteiger partial charge on any atom is -0.333 e. The van der Waals surface area contributed by atoms with Crippen molar-refractivity contribution in [2.45, 2.75) is 47.0 Å². The Hall–Kier alpha value is -1.43. The van der Waals surface area contributed by atoms with Gasteiger partial charge in [-0.05, 0) is 19.3 Å². The average Bonchev–Trinajstić information content (AvgIpc) is 2.79. The van der Waals surface area contributed by atoms with Crippen LogP contribution in [0.5, 0.6) is 0 Å². The molecule has 0 saturated carbocycles. The maximum absolute atomic E-state index is 12.2. The maximum atomic E-state index is 12.2. The maximum Gasteiger partial charge on any atom is 0.245 e. The van der Waals surface area contributed by atoms with Gasteiger partial charge in [0.05, 0.1) is 6.54 Å². The molecule has 1 aromatic heterocycles. The lowest BCUT2D eigenvalue weighted by Crippen LogP contribution is -2.40. The van der Waals surface area contributed by atoms with Gasteiger partial charge in [0.15, 0.2) is 5.13 Å². The molecule has 6 heteroatoms. The highest BCUT2D eigenvalue weighted by Gasteiger charge is 2.18. The van der Waals surface area contributed by atoms with E-state index in [1.807, 2.05) is 20.8 Å². The Morgan fingerprint density at radius 1 is 1.43 bits per heavy atom. The Labute approximate surface area is 130 Å². The molecule has 118 valence electrons. The number of nitrogens with one attached hydrogen (secondary N) is 1. The van der Waals surface area contributed by atoms with E-state index >= 15 is 0 Å². The molecule has 2 amide bonds. The SMILES string of the molecule is CCCCC(=O)N(CC(=O)Nc1ncc(C)s1)CC(C)C. The first kappa shape index (κ1) is 17.6. The summed E-state index contributed by atoms with van der Waals surface area (Å²) >= 11 is 1.43. The lowest BCUT2D eigenvalue weighted by Gasteiger charge is -2.23. The summed E-state index contributed by atoms with van der Waals surface area (Å²) in [5.74, 6) is 0.205. The molecule has 0 saturated heterocycles. The van der Waals surface area contributed by atoms with E-state index in [2.05, 4.69) is 17.2 Å². The predicted molar refractivity (Wildman–Crippen MR) is 86.4 cm³/mol. The van der Waals surface area contributed by atoms with E-state index in [4.69, 9.17) is 0 Å². The molecular formula is C15H25N3O2S. The van der Waals surface area contributed by atoms with Gasteiger partial charge in [-0.1, -0.05) is 27.2 Å². The molecule has 21 heavy (non-hydrogen) atoms. The first-order valence-corrected chi connectivity index (χ1v) is 8.24. The standard InChI is InChI=1S/C15H25N3O2S/c1-5-6-7-14(20)18(9-11(2)3)10-13(19)17-15-16-8-12(4)21-15/h8,11H,5-7,9-10H2,1-4H3,(H,16,17,19). The van der Waals surface area contributed by atoms with E-state index in [9.17, 15) is 9.59 Å². The van der Waals surface area contributed by atoms with Crippen LogP contribution in [0.2, 0.25) is 0 Å². The number of thiazole rings is 1. The summed E-state index contributed by atoms with van der Waals surface area (Å²) in [7, 11) is 0. The summed E-state index contributed by atoms with van der Waals surface area (Å²) in [5.41, 5.74) is 0. The van der Waals surface area contributed by atoms with E-state index in [1.54, 1.807) is 11.1 Å². The molecule has 0 fully saturated rings. The molecule has 1 heterocycles. The number of nitrogens with zero attached hydrogens (tertiary/aromatic N) is 2. The third-order valence-corrected chi connectivity index (χ3v) is 3.71. The van der Waals surface area contributed by atoms with Crippen molar-refractivity contribution in [1.29, 1.82) is 0 Å². The van der Waals surface area contributed by atoms with E-state index < -0.39 is 0 Å². The molecule has 1 N–H and O–H groups in total. The highest BCUT2D eigenvalue weighted by Crippen LogP contribution is 2.16. The van der Waals surface area contributed by atoms with Crippen molar-refractivity contribution in [3.8, 4) is 0 Å². The Kier molecular flexibility index (Phi) is 7.36. The topological polar surface area (TPSA) is 62.3 Å². The molecule has 0 unspecified atom stereocenters. The summed E-state index contributed by atoms with van der Waals surface area (Å²) in [5, 5.41) is 3.34. The largest absolute Gasteiger partial charge is 0.333 e. The molecule has 0 aliphatic heterocycles. The summed E-state index contributed by atoms with van der Waals surface area (Å²) < 4.78 is 0. The van der Waals surface area contributed by atoms with Gasteiger partial charge in [-0.3, -0.25) is 9.59 Å². The quantitative estimate of drug-likeness (QED) is 0.802. The first-order valence-electron chi connectivity index (χ1n) is 7.42. The molecular weight excluding hydrogens is 286 g/mol. The molecule has 0 aliphatic carbocycles. The van der Waals surface area contributed by atoms with Gasteiger partial charge in [-0.2, -0.15) is 0 Å². The highest BCUT2D eigenvalue weighted by atomic mass is 32.1. The molecule has 0 atom stereocenters. The minimum absolute atomic E-state index is 0.0519. The zero-order chi connectivity index (χ0) is 15.8. The fourth-order valence-corrected chi connectivity index (χ4v) is 2.61. The number of carbonyl (C=O) groups excluding carboxylic acids is 2. The second-order valence-corrected chi connectivity index (χ2v) is 6.83. The van der Waals surface area contributed by atoms with Crippen molar-refractivity contribution in [1.82, 2.24) is 9.88 Å². The van der Waals surface area contributed by atoms with E-state index in [0.717, 1.165) is 17.7 Å². The van der Waals surface area contributed by atoms with Crippen LogP contribution in [0.3, 0.4) is 0 Å². The number of aryl methyl sites for hydroxylation is 1.